The normalized spacial score (nSPS) is 12.8. The summed E-state index contributed by atoms with van der Waals surface area (Å²) in [5.41, 5.74) is 8.06. The number of nitrogens with zero attached hydrogens (tertiary/aromatic N) is 1. The molecule has 0 aliphatic carbocycles. The number of benzene rings is 1. The van der Waals surface area contributed by atoms with Gasteiger partial charge in [0.25, 0.3) is 0 Å². The molecule has 0 amide bonds. The summed E-state index contributed by atoms with van der Waals surface area (Å²) < 4.78 is 5.45. The van der Waals surface area contributed by atoms with E-state index in [-0.39, 0.29) is 0 Å². The van der Waals surface area contributed by atoms with Gasteiger partial charge in [-0.1, -0.05) is 12.1 Å². The zero-order valence-electron chi connectivity index (χ0n) is 11.4. The highest BCUT2D eigenvalue weighted by Crippen LogP contribution is 2.26. The van der Waals surface area contributed by atoms with Crippen LogP contribution in [-0.4, -0.2) is 32.6 Å². The quantitative estimate of drug-likeness (QED) is 0.823. The van der Waals surface area contributed by atoms with Crippen molar-refractivity contribution < 1.29 is 4.74 Å². The molecule has 1 aromatic rings. The Balaban J connectivity index is 2.91. The molecule has 0 heterocycles. The number of hydrogen-bond acceptors (Lipinski definition) is 3. The molecule has 0 spiro atoms. The number of ether oxygens (including phenoxy) is 1. The number of aryl methyl sites for hydroxylation is 1. The van der Waals surface area contributed by atoms with E-state index in [9.17, 15) is 0 Å². The minimum atomic E-state index is 0.396. The predicted molar refractivity (Wildman–Crippen MR) is 72.5 cm³/mol. The molecule has 0 saturated carbocycles. The first-order valence-corrected chi connectivity index (χ1v) is 6.13. The van der Waals surface area contributed by atoms with Crippen LogP contribution in [0.2, 0.25) is 0 Å². The number of methoxy groups -OCH3 is 1. The number of rotatable bonds is 6. The van der Waals surface area contributed by atoms with Gasteiger partial charge in [-0.05, 0) is 57.6 Å². The molecule has 0 radical (unpaired) electrons. The average Bonchev–Trinajstić information content (AvgIpc) is 2.35. The maximum absolute atomic E-state index is 5.54. The Bertz CT molecular complexity index is 350. The second kappa shape index (κ2) is 6.62. The van der Waals surface area contributed by atoms with Crippen LogP contribution < -0.4 is 10.5 Å². The first kappa shape index (κ1) is 14.0. The lowest BCUT2D eigenvalue weighted by Gasteiger charge is -2.21. The van der Waals surface area contributed by atoms with Crippen LogP contribution in [0, 0.1) is 0 Å². The molecule has 2 N–H and O–H groups in total. The van der Waals surface area contributed by atoms with Crippen molar-refractivity contribution in [2.75, 3.05) is 27.7 Å². The fraction of sp³-hybridized carbons (Fsp3) is 0.571. The largest absolute Gasteiger partial charge is 0.496 e. The van der Waals surface area contributed by atoms with E-state index in [4.69, 9.17) is 10.5 Å². The molecular formula is C14H24N2O. The van der Waals surface area contributed by atoms with Crippen LogP contribution in [0.4, 0.5) is 0 Å². The molecule has 3 heteroatoms. The van der Waals surface area contributed by atoms with Gasteiger partial charge in [0.1, 0.15) is 5.75 Å². The summed E-state index contributed by atoms with van der Waals surface area (Å²) in [5.74, 6) is 0.977. The molecule has 0 aliphatic heterocycles. The van der Waals surface area contributed by atoms with Crippen LogP contribution in [0.1, 0.15) is 30.5 Å². The number of nitrogens with two attached hydrogens (primary N) is 1. The molecule has 1 aromatic carbocycles. The van der Waals surface area contributed by atoms with Crippen molar-refractivity contribution in [2.24, 2.45) is 5.73 Å². The van der Waals surface area contributed by atoms with E-state index in [1.165, 1.54) is 11.1 Å². The lowest BCUT2D eigenvalue weighted by atomic mass is 10.0. The van der Waals surface area contributed by atoms with Crippen LogP contribution in [0.25, 0.3) is 0 Å². The third kappa shape index (κ3) is 3.72. The zero-order valence-corrected chi connectivity index (χ0v) is 11.4. The van der Waals surface area contributed by atoms with Gasteiger partial charge in [-0.3, -0.25) is 0 Å². The monoisotopic (exact) mass is 236 g/mol. The second-order valence-electron chi connectivity index (χ2n) is 4.60. The fourth-order valence-corrected chi connectivity index (χ4v) is 1.82. The third-order valence-electron chi connectivity index (χ3n) is 3.22. The Labute approximate surface area is 105 Å². The van der Waals surface area contributed by atoms with Crippen molar-refractivity contribution in [1.29, 1.82) is 0 Å². The fourth-order valence-electron chi connectivity index (χ4n) is 1.82. The zero-order chi connectivity index (χ0) is 12.8. The lowest BCUT2D eigenvalue weighted by molar-refractivity contribution is 0.319. The highest BCUT2D eigenvalue weighted by Gasteiger charge is 2.11. The highest BCUT2D eigenvalue weighted by atomic mass is 16.5. The SMILES string of the molecule is COc1cc(C(C)N(C)C)ccc1CCCN. The van der Waals surface area contributed by atoms with Crippen molar-refractivity contribution in [3.63, 3.8) is 0 Å². The van der Waals surface area contributed by atoms with E-state index in [1.54, 1.807) is 7.11 Å². The molecule has 0 saturated heterocycles. The minimum Gasteiger partial charge on any atom is -0.496 e. The Kier molecular flexibility index (Phi) is 5.45. The van der Waals surface area contributed by atoms with E-state index in [0.717, 1.165) is 25.1 Å². The summed E-state index contributed by atoms with van der Waals surface area (Å²) in [6, 6.07) is 6.87. The molecule has 0 aromatic heterocycles. The molecule has 96 valence electrons. The van der Waals surface area contributed by atoms with Crippen LogP contribution in [0.15, 0.2) is 18.2 Å². The molecule has 1 rings (SSSR count). The van der Waals surface area contributed by atoms with Gasteiger partial charge in [-0.25, -0.2) is 0 Å². The molecule has 0 aliphatic rings. The highest BCUT2D eigenvalue weighted by molar-refractivity contribution is 5.38. The first-order chi connectivity index (χ1) is 8.10. The van der Waals surface area contributed by atoms with E-state index in [0.29, 0.717) is 6.04 Å². The molecule has 0 bridgehead atoms. The number of hydrogen-bond donors (Lipinski definition) is 1. The topological polar surface area (TPSA) is 38.5 Å². The van der Waals surface area contributed by atoms with Crippen LogP contribution in [0.5, 0.6) is 5.75 Å². The molecule has 1 unspecified atom stereocenters. The Morgan fingerprint density at radius 1 is 1.35 bits per heavy atom. The molecule has 17 heavy (non-hydrogen) atoms. The summed E-state index contributed by atoms with van der Waals surface area (Å²) in [6.07, 6.45) is 1.98. The van der Waals surface area contributed by atoms with Gasteiger partial charge in [-0.15, -0.1) is 0 Å². The Hall–Kier alpha value is -1.06. The lowest BCUT2D eigenvalue weighted by Crippen LogP contribution is -2.16. The smallest absolute Gasteiger partial charge is 0.122 e. The van der Waals surface area contributed by atoms with Gasteiger partial charge >= 0.3 is 0 Å². The van der Waals surface area contributed by atoms with Crippen LogP contribution in [-0.2, 0) is 6.42 Å². The molecule has 3 nitrogen and oxygen atoms in total. The van der Waals surface area contributed by atoms with E-state index in [2.05, 4.69) is 44.1 Å². The van der Waals surface area contributed by atoms with Gasteiger partial charge in [0.15, 0.2) is 0 Å². The standard InChI is InChI=1S/C14H24N2O/c1-11(16(2)3)13-8-7-12(6-5-9-15)14(10-13)17-4/h7-8,10-11H,5-6,9,15H2,1-4H3. The van der Waals surface area contributed by atoms with Crippen LogP contribution >= 0.6 is 0 Å². The van der Waals surface area contributed by atoms with E-state index >= 15 is 0 Å². The third-order valence-corrected chi connectivity index (χ3v) is 3.22. The second-order valence-corrected chi connectivity index (χ2v) is 4.60. The maximum Gasteiger partial charge on any atom is 0.122 e. The summed E-state index contributed by atoms with van der Waals surface area (Å²) in [4.78, 5) is 2.19. The predicted octanol–water partition coefficient (Wildman–Crippen LogP) is 2.21. The van der Waals surface area contributed by atoms with Crippen LogP contribution in [0.3, 0.4) is 0 Å². The van der Waals surface area contributed by atoms with Crippen molar-refractivity contribution in [2.45, 2.75) is 25.8 Å². The minimum absolute atomic E-state index is 0.396. The Morgan fingerprint density at radius 2 is 2.06 bits per heavy atom. The first-order valence-electron chi connectivity index (χ1n) is 6.13. The van der Waals surface area contributed by atoms with E-state index < -0.39 is 0 Å². The molecule has 1 atom stereocenters. The summed E-state index contributed by atoms with van der Waals surface area (Å²) in [5, 5.41) is 0. The van der Waals surface area contributed by atoms with E-state index in [1.807, 2.05) is 0 Å². The van der Waals surface area contributed by atoms with Gasteiger partial charge in [-0.2, -0.15) is 0 Å². The van der Waals surface area contributed by atoms with Crippen molar-refractivity contribution in [3.8, 4) is 5.75 Å². The Morgan fingerprint density at radius 3 is 2.59 bits per heavy atom. The van der Waals surface area contributed by atoms with Gasteiger partial charge in [0.05, 0.1) is 7.11 Å². The van der Waals surface area contributed by atoms with Crippen molar-refractivity contribution >= 4 is 0 Å². The van der Waals surface area contributed by atoms with Crippen molar-refractivity contribution in [3.05, 3.63) is 29.3 Å². The summed E-state index contributed by atoms with van der Waals surface area (Å²) >= 11 is 0. The molecular weight excluding hydrogens is 212 g/mol. The van der Waals surface area contributed by atoms with Crippen molar-refractivity contribution in [1.82, 2.24) is 4.90 Å². The maximum atomic E-state index is 5.54. The summed E-state index contributed by atoms with van der Waals surface area (Å²) in [7, 11) is 5.89. The summed E-state index contributed by atoms with van der Waals surface area (Å²) in [6.45, 7) is 2.91. The van der Waals surface area contributed by atoms with Gasteiger partial charge < -0.3 is 15.4 Å². The molecule has 0 fully saturated rings. The van der Waals surface area contributed by atoms with Gasteiger partial charge in [0, 0.05) is 6.04 Å². The van der Waals surface area contributed by atoms with Gasteiger partial charge in [0.2, 0.25) is 0 Å². The average molecular weight is 236 g/mol.